The molecule has 1 aromatic carbocycles. The molecule has 0 aliphatic heterocycles. The molecule has 2 nitrogen and oxygen atoms in total. The van der Waals surface area contributed by atoms with Crippen LogP contribution in [0, 0.1) is 0 Å². The minimum Gasteiger partial charge on any atom is -0.489 e. The quantitative estimate of drug-likeness (QED) is 0.796. The van der Waals surface area contributed by atoms with Crippen molar-refractivity contribution < 1.29 is 4.74 Å². The molecule has 0 heterocycles. The summed E-state index contributed by atoms with van der Waals surface area (Å²) < 4.78 is 5.76. The van der Waals surface area contributed by atoms with Gasteiger partial charge in [-0.25, -0.2) is 0 Å². The van der Waals surface area contributed by atoms with Gasteiger partial charge in [0.2, 0.25) is 0 Å². The monoisotopic (exact) mass is 221 g/mol. The van der Waals surface area contributed by atoms with Crippen molar-refractivity contribution >= 4 is 0 Å². The first-order valence-corrected chi connectivity index (χ1v) is 6.08. The highest BCUT2D eigenvalue weighted by Gasteiger charge is 2.05. The molecule has 90 valence electrons. The molecule has 1 rings (SSSR count). The van der Waals surface area contributed by atoms with Gasteiger partial charge in [-0.1, -0.05) is 26.0 Å². The minimum atomic E-state index is 0.208. The molecule has 0 radical (unpaired) electrons. The predicted molar refractivity (Wildman–Crippen MR) is 69.2 cm³/mol. The Kier molecular flexibility index (Phi) is 5.33. The Labute approximate surface area is 99.0 Å². The molecule has 0 bridgehead atoms. The van der Waals surface area contributed by atoms with Crippen molar-refractivity contribution in [3.63, 3.8) is 0 Å². The molecule has 0 aliphatic rings. The molecule has 0 spiro atoms. The van der Waals surface area contributed by atoms with E-state index in [9.17, 15) is 0 Å². The first-order valence-electron chi connectivity index (χ1n) is 6.08. The fourth-order valence-electron chi connectivity index (χ4n) is 1.67. The largest absolute Gasteiger partial charge is 0.489 e. The van der Waals surface area contributed by atoms with Crippen molar-refractivity contribution in [1.29, 1.82) is 0 Å². The summed E-state index contributed by atoms with van der Waals surface area (Å²) in [5.74, 6) is 1.58. The molecular weight excluding hydrogens is 198 g/mol. The van der Waals surface area contributed by atoms with Crippen LogP contribution in [0.5, 0.6) is 5.75 Å². The fraction of sp³-hybridized carbons (Fsp3) is 0.571. The van der Waals surface area contributed by atoms with Crippen LogP contribution in [0.4, 0.5) is 0 Å². The van der Waals surface area contributed by atoms with Gasteiger partial charge in [-0.05, 0) is 44.0 Å². The molecular formula is C14H23NO. The highest BCUT2D eigenvalue weighted by atomic mass is 16.5. The van der Waals surface area contributed by atoms with Crippen LogP contribution in [0.25, 0.3) is 0 Å². The van der Waals surface area contributed by atoms with Gasteiger partial charge in [-0.15, -0.1) is 0 Å². The van der Waals surface area contributed by atoms with Crippen molar-refractivity contribution in [3.05, 3.63) is 29.8 Å². The third kappa shape index (κ3) is 3.86. The summed E-state index contributed by atoms with van der Waals surface area (Å²) in [6.07, 6.45) is 1.38. The van der Waals surface area contributed by atoms with E-state index in [1.807, 2.05) is 7.05 Å². The van der Waals surface area contributed by atoms with E-state index in [1.165, 1.54) is 12.0 Å². The Morgan fingerprint density at radius 3 is 2.31 bits per heavy atom. The second kappa shape index (κ2) is 6.54. The van der Waals surface area contributed by atoms with Crippen molar-refractivity contribution in [1.82, 2.24) is 5.32 Å². The van der Waals surface area contributed by atoms with Crippen LogP contribution >= 0.6 is 0 Å². The molecule has 0 amide bonds. The number of hydrogen-bond donors (Lipinski definition) is 1. The van der Waals surface area contributed by atoms with E-state index in [4.69, 9.17) is 4.74 Å². The summed E-state index contributed by atoms with van der Waals surface area (Å²) in [6.45, 7) is 7.40. The first kappa shape index (κ1) is 13.0. The molecule has 2 atom stereocenters. The maximum Gasteiger partial charge on any atom is 0.119 e. The van der Waals surface area contributed by atoms with Gasteiger partial charge in [0.05, 0.1) is 0 Å². The van der Waals surface area contributed by atoms with Crippen LogP contribution in [-0.2, 0) is 0 Å². The Hall–Kier alpha value is -1.02. The van der Waals surface area contributed by atoms with Gasteiger partial charge in [0.25, 0.3) is 0 Å². The molecule has 1 N–H and O–H groups in total. The van der Waals surface area contributed by atoms with Gasteiger partial charge < -0.3 is 10.1 Å². The van der Waals surface area contributed by atoms with E-state index in [1.54, 1.807) is 0 Å². The van der Waals surface area contributed by atoms with E-state index < -0.39 is 0 Å². The molecule has 2 unspecified atom stereocenters. The van der Waals surface area contributed by atoms with Crippen LogP contribution in [0.1, 0.15) is 38.7 Å². The molecule has 0 saturated heterocycles. The minimum absolute atomic E-state index is 0.208. The summed E-state index contributed by atoms with van der Waals surface area (Å²) in [5, 5.41) is 3.10. The zero-order chi connectivity index (χ0) is 12.0. The van der Waals surface area contributed by atoms with Crippen LogP contribution in [0.3, 0.4) is 0 Å². The van der Waals surface area contributed by atoms with Crippen LogP contribution in [-0.4, -0.2) is 19.7 Å². The molecule has 0 aliphatic carbocycles. The fourth-order valence-corrected chi connectivity index (χ4v) is 1.67. The molecule has 0 fully saturated rings. The lowest BCUT2D eigenvalue weighted by atomic mass is 9.99. The Morgan fingerprint density at radius 1 is 1.19 bits per heavy atom. The topological polar surface area (TPSA) is 21.3 Å². The van der Waals surface area contributed by atoms with E-state index in [-0.39, 0.29) is 6.10 Å². The van der Waals surface area contributed by atoms with Crippen LogP contribution in [0.15, 0.2) is 24.3 Å². The predicted octanol–water partition coefficient (Wildman–Crippen LogP) is 3.19. The van der Waals surface area contributed by atoms with Crippen molar-refractivity contribution in [3.8, 4) is 5.75 Å². The Bertz CT molecular complexity index is 294. The summed E-state index contributed by atoms with van der Waals surface area (Å²) >= 11 is 0. The van der Waals surface area contributed by atoms with Gasteiger partial charge in [-0.3, -0.25) is 0 Å². The number of hydrogen-bond acceptors (Lipinski definition) is 2. The van der Waals surface area contributed by atoms with E-state index >= 15 is 0 Å². The van der Waals surface area contributed by atoms with Crippen LogP contribution < -0.4 is 10.1 Å². The average Bonchev–Trinajstić information content (AvgIpc) is 2.29. The summed E-state index contributed by atoms with van der Waals surface area (Å²) in [5.41, 5.74) is 1.39. The van der Waals surface area contributed by atoms with Crippen molar-refractivity contribution in [2.24, 2.45) is 0 Å². The third-order valence-corrected chi connectivity index (χ3v) is 2.89. The number of ether oxygens (including phenoxy) is 1. The summed E-state index contributed by atoms with van der Waals surface area (Å²) in [6, 6.07) is 8.45. The zero-order valence-corrected chi connectivity index (χ0v) is 10.8. The van der Waals surface area contributed by atoms with Gasteiger partial charge in [-0.2, -0.15) is 0 Å². The molecule has 0 saturated carbocycles. The van der Waals surface area contributed by atoms with Gasteiger partial charge in [0.15, 0.2) is 0 Å². The lowest BCUT2D eigenvalue weighted by molar-refractivity contribution is 0.220. The molecule has 1 aromatic rings. The van der Waals surface area contributed by atoms with Crippen LogP contribution in [0.2, 0.25) is 0 Å². The SMILES string of the molecule is CCC(C)c1ccc(OC(C)CNC)cc1. The van der Waals surface area contributed by atoms with Crippen molar-refractivity contribution in [2.45, 2.75) is 39.2 Å². The van der Waals surface area contributed by atoms with Gasteiger partial charge >= 0.3 is 0 Å². The lowest BCUT2D eigenvalue weighted by Crippen LogP contribution is -2.25. The number of likely N-dealkylation sites (N-methyl/N-ethyl adjacent to an activating group) is 1. The Balaban J connectivity index is 2.57. The number of benzene rings is 1. The average molecular weight is 221 g/mol. The van der Waals surface area contributed by atoms with Gasteiger partial charge in [0.1, 0.15) is 11.9 Å². The second-order valence-corrected chi connectivity index (χ2v) is 4.36. The summed E-state index contributed by atoms with van der Waals surface area (Å²) in [7, 11) is 1.94. The maximum absolute atomic E-state index is 5.76. The van der Waals surface area contributed by atoms with E-state index in [2.05, 4.69) is 50.4 Å². The molecule has 0 aromatic heterocycles. The smallest absolute Gasteiger partial charge is 0.119 e. The van der Waals surface area contributed by atoms with E-state index in [0.717, 1.165) is 12.3 Å². The normalized spacial score (nSPS) is 14.5. The highest BCUT2D eigenvalue weighted by Crippen LogP contribution is 2.21. The Morgan fingerprint density at radius 2 is 1.81 bits per heavy atom. The van der Waals surface area contributed by atoms with E-state index in [0.29, 0.717) is 5.92 Å². The summed E-state index contributed by atoms with van der Waals surface area (Å²) in [4.78, 5) is 0. The number of rotatable bonds is 6. The first-order chi connectivity index (χ1) is 7.67. The third-order valence-electron chi connectivity index (χ3n) is 2.89. The van der Waals surface area contributed by atoms with Gasteiger partial charge in [0, 0.05) is 6.54 Å². The number of nitrogens with one attached hydrogen (secondary N) is 1. The standard InChI is InChI=1S/C14H23NO/c1-5-11(2)13-6-8-14(9-7-13)16-12(3)10-15-4/h6-9,11-12,15H,5,10H2,1-4H3. The maximum atomic E-state index is 5.76. The van der Waals surface area contributed by atoms with Crippen molar-refractivity contribution in [2.75, 3.05) is 13.6 Å². The molecule has 2 heteroatoms. The molecule has 16 heavy (non-hydrogen) atoms. The zero-order valence-electron chi connectivity index (χ0n) is 10.8. The lowest BCUT2D eigenvalue weighted by Gasteiger charge is -2.15. The second-order valence-electron chi connectivity index (χ2n) is 4.36. The highest BCUT2D eigenvalue weighted by molar-refractivity contribution is 5.29.